The van der Waals surface area contributed by atoms with Gasteiger partial charge in [-0.1, -0.05) is 143 Å². The maximum Gasteiger partial charge on any atom is 0.472 e. The molecule has 0 rings (SSSR count). The number of phosphoric acid groups is 2. The molecule has 15 heteroatoms. The molecule has 0 amide bonds. The van der Waals surface area contributed by atoms with Gasteiger partial charge >= 0.3 is 27.6 Å². The fourth-order valence-electron chi connectivity index (χ4n) is 5.36. The van der Waals surface area contributed by atoms with Crippen molar-refractivity contribution in [1.29, 1.82) is 0 Å². The van der Waals surface area contributed by atoms with E-state index in [1.807, 2.05) is 0 Å². The second kappa shape index (κ2) is 31.5. The molecule has 0 fully saturated rings. The van der Waals surface area contributed by atoms with Crippen LogP contribution in [-0.4, -0.2) is 70.4 Å². The molecule has 13 nitrogen and oxygen atoms in total. The summed E-state index contributed by atoms with van der Waals surface area (Å²) in [6, 6.07) is 0. The Kier molecular flexibility index (Phi) is 30.9. The van der Waals surface area contributed by atoms with Crippen molar-refractivity contribution >= 4 is 27.6 Å². The lowest BCUT2D eigenvalue weighted by Crippen LogP contribution is -2.30. The van der Waals surface area contributed by atoms with Gasteiger partial charge in [0.05, 0.1) is 19.8 Å². The number of aliphatic hydroxyl groups is 1. The minimum atomic E-state index is -4.85. The molecule has 0 spiro atoms. The fourth-order valence-corrected chi connectivity index (χ4v) is 6.52. The smallest absolute Gasteiger partial charge is 0.462 e. The molecule has 0 aromatic carbocycles. The van der Waals surface area contributed by atoms with Crippen LogP contribution in [-0.2, 0) is 41.8 Å². The van der Waals surface area contributed by atoms with Gasteiger partial charge in [-0.3, -0.25) is 23.2 Å². The van der Waals surface area contributed by atoms with Crippen LogP contribution in [0.15, 0.2) is 0 Å². The molecule has 3 atom stereocenters. The van der Waals surface area contributed by atoms with E-state index in [1.165, 1.54) is 77.0 Å². The number of unbranched alkanes of at least 4 members (excludes halogenated alkanes) is 16. The number of hydrogen-bond donors (Lipinski definition) is 4. The van der Waals surface area contributed by atoms with Gasteiger partial charge in [0.15, 0.2) is 6.10 Å². The Labute approximate surface area is 308 Å². The van der Waals surface area contributed by atoms with Crippen LogP contribution in [0, 0.1) is 11.8 Å². The highest BCUT2D eigenvalue weighted by atomic mass is 31.2. The van der Waals surface area contributed by atoms with E-state index in [9.17, 15) is 28.7 Å². The van der Waals surface area contributed by atoms with Gasteiger partial charge in [0.25, 0.3) is 0 Å². The molecule has 0 aliphatic carbocycles. The Balaban J connectivity index is 4.57. The third-order valence-corrected chi connectivity index (χ3v) is 9.78. The summed E-state index contributed by atoms with van der Waals surface area (Å²) >= 11 is 0. The van der Waals surface area contributed by atoms with Gasteiger partial charge < -0.3 is 29.3 Å². The Hall–Kier alpha value is -0.880. The van der Waals surface area contributed by atoms with Gasteiger partial charge in [-0.15, -0.1) is 0 Å². The monoisotopic (exact) mass is 774 g/mol. The largest absolute Gasteiger partial charge is 0.472 e. The van der Waals surface area contributed by atoms with Gasteiger partial charge in [-0.25, -0.2) is 9.13 Å². The first-order valence-electron chi connectivity index (χ1n) is 19.4. The van der Waals surface area contributed by atoms with Crippen molar-refractivity contribution in [1.82, 2.24) is 0 Å². The van der Waals surface area contributed by atoms with Gasteiger partial charge in [-0.2, -0.15) is 0 Å². The zero-order valence-electron chi connectivity index (χ0n) is 32.1. The number of rotatable bonds is 36. The summed E-state index contributed by atoms with van der Waals surface area (Å²) in [6.07, 6.45) is 19.9. The van der Waals surface area contributed by atoms with E-state index < -0.39 is 59.6 Å². The van der Waals surface area contributed by atoms with E-state index in [1.54, 1.807) is 0 Å². The minimum absolute atomic E-state index is 0.136. The molecule has 0 saturated carbocycles. The topological polar surface area (TPSA) is 195 Å². The number of esters is 2. The quantitative estimate of drug-likeness (QED) is 0.0268. The van der Waals surface area contributed by atoms with Gasteiger partial charge in [0, 0.05) is 12.8 Å². The van der Waals surface area contributed by atoms with Crippen LogP contribution in [0.4, 0.5) is 0 Å². The maximum absolute atomic E-state index is 12.6. The molecule has 51 heavy (non-hydrogen) atoms. The van der Waals surface area contributed by atoms with Crippen molar-refractivity contribution in [3.8, 4) is 0 Å². The van der Waals surface area contributed by atoms with E-state index in [4.69, 9.17) is 23.8 Å². The summed E-state index contributed by atoms with van der Waals surface area (Å²) in [5.41, 5.74) is 0. The lowest BCUT2D eigenvalue weighted by atomic mass is 10.0. The number of hydrogen-bond acceptors (Lipinski definition) is 10. The van der Waals surface area contributed by atoms with Crippen LogP contribution in [0.2, 0.25) is 0 Å². The van der Waals surface area contributed by atoms with Crippen molar-refractivity contribution < 1.29 is 61.6 Å². The lowest BCUT2D eigenvalue weighted by molar-refractivity contribution is -0.161. The van der Waals surface area contributed by atoms with Crippen LogP contribution in [0.1, 0.15) is 169 Å². The first-order chi connectivity index (χ1) is 24.1. The van der Waals surface area contributed by atoms with Crippen molar-refractivity contribution in [2.24, 2.45) is 11.8 Å². The van der Waals surface area contributed by atoms with Crippen LogP contribution in [0.3, 0.4) is 0 Å². The van der Waals surface area contributed by atoms with E-state index in [0.29, 0.717) is 12.8 Å². The van der Waals surface area contributed by atoms with Crippen molar-refractivity contribution in [3.05, 3.63) is 0 Å². The van der Waals surface area contributed by atoms with Gasteiger partial charge in [0.1, 0.15) is 12.7 Å². The molecule has 0 bridgehead atoms. The molecule has 0 aliphatic rings. The molecule has 0 aromatic heterocycles. The average molecular weight is 775 g/mol. The zero-order chi connectivity index (χ0) is 38.4. The third-order valence-electron chi connectivity index (χ3n) is 8.34. The summed E-state index contributed by atoms with van der Waals surface area (Å²) in [4.78, 5) is 52.4. The Morgan fingerprint density at radius 2 is 0.882 bits per heavy atom. The summed E-state index contributed by atoms with van der Waals surface area (Å²) in [7, 11) is -9.64. The number of carbonyl (C=O) groups excluding carboxylic acids is 2. The normalized spacial score (nSPS) is 14.5. The van der Waals surface area contributed by atoms with E-state index >= 15 is 0 Å². The number of phosphoric ester groups is 2. The van der Waals surface area contributed by atoms with Crippen LogP contribution >= 0.6 is 15.6 Å². The third kappa shape index (κ3) is 37.2. The molecule has 0 radical (unpaired) electrons. The molecule has 304 valence electrons. The summed E-state index contributed by atoms with van der Waals surface area (Å²) in [6.45, 7) is 6.31. The maximum atomic E-state index is 12.6. The second-order valence-corrected chi connectivity index (χ2v) is 17.2. The highest BCUT2D eigenvalue weighted by Gasteiger charge is 2.28. The fraction of sp³-hybridized carbons (Fsp3) is 0.944. The summed E-state index contributed by atoms with van der Waals surface area (Å²) < 4.78 is 47.6. The standard InChI is InChI=1S/C36H72O13P2/c1-31(2)23-19-15-11-7-5-6-8-14-18-22-26-36(39)49-34(30-48-51(43,44)47-28-33(37)27-46-50(40,41)42)29-45-35(38)25-21-17-13-10-9-12-16-20-24-32(3)4/h31-34,37H,5-30H2,1-4H3,(H,43,44)(H2,40,41,42)/t33-,34+/m0/s1. The number of carbonyl (C=O) groups is 2. The predicted molar refractivity (Wildman–Crippen MR) is 198 cm³/mol. The average Bonchev–Trinajstić information content (AvgIpc) is 3.04. The molecule has 0 saturated heterocycles. The van der Waals surface area contributed by atoms with Gasteiger partial charge in [0.2, 0.25) is 0 Å². The Morgan fingerprint density at radius 3 is 1.31 bits per heavy atom. The molecule has 0 aromatic rings. The van der Waals surface area contributed by atoms with Crippen LogP contribution in [0.5, 0.6) is 0 Å². The molecule has 1 unspecified atom stereocenters. The van der Waals surface area contributed by atoms with E-state index in [2.05, 4.69) is 36.7 Å². The SMILES string of the molecule is CC(C)CCCCCCCCCCCCC(=O)O[C@H](COC(=O)CCCCCCCCCCC(C)C)COP(=O)(O)OC[C@@H](O)COP(=O)(O)O. The molecular weight excluding hydrogens is 702 g/mol. The number of ether oxygens (including phenoxy) is 2. The molecular formula is C36H72O13P2. The lowest BCUT2D eigenvalue weighted by Gasteiger charge is -2.20. The minimum Gasteiger partial charge on any atom is -0.462 e. The van der Waals surface area contributed by atoms with Crippen molar-refractivity contribution in [2.45, 2.75) is 181 Å². The van der Waals surface area contributed by atoms with Gasteiger partial charge in [-0.05, 0) is 24.7 Å². The van der Waals surface area contributed by atoms with Crippen LogP contribution < -0.4 is 0 Å². The first-order valence-corrected chi connectivity index (χ1v) is 22.5. The van der Waals surface area contributed by atoms with Crippen LogP contribution in [0.25, 0.3) is 0 Å². The molecule has 0 heterocycles. The predicted octanol–water partition coefficient (Wildman–Crippen LogP) is 8.94. The summed E-state index contributed by atoms with van der Waals surface area (Å²) in [5, 5.41) is 9.71. The Bertz CT molecular complexity index is 957. The molecule has 0 aliphatic heterocycles. The summed E-state index contributed by atoms with van der Waals surface area (Å²) in [5.74, 6) is 0.489. The van der Waals surface area contributed by atoms with Crippen molar-refractivity contribution in [2.75, 3.05) is 26.4 Å². The highest BCUT2D eigenvalue weighted by molar-refractivity contribution is 7.47. The first kappa shape index (κ1) is 50.1. The zero-order valence-corrected chi connectivity index (χ0v) is 33.8. The highest BCUT2D eigenvalue weighted by Crippen LogP contribution is 2.43. The second-order valence-electron chi connectivity index (χ2n) is 14.5. The van der Waals surface area contributed by atoms with E-state index in [0.717, 1.165) is 50.4 Å². The van der Waals surface area contributed by atoms with Crippen molar-refractivity contribution in [3.63, 3.8) is 0 Å². The Morgan fingerprint density at radius 1 is 0.510 bits per heavy atom. The van der Waals surface area contributed by atoms with E-state index in [-0.39, 0.29) is 19.4 Å². The molecule has 4 N–H and O–H groups in total. The number of aliphatic hydroxyl groups excluding tert-OH is 1.